The van der Waals surface area contributed by atoms with Crippen LogP contribution in [0.2, 0.25) is 0 Å². The van der Waals surface area contributed by atoms with Gasteiger partial charge in [-0.25, -0.2) is 0 Å². The van der Waals surface area contributed by atoms with Crippen LogP contribution in [0.15, 0.2) is 24.3 Å². The number of hydrogen-bond donors (Lipinski definition) is 1. The second-order valence-corrected chi connectivity index (χ2v) is 7.51. The van der Waals surface area contributed by atoms with Crippen molar-refractivity contribution in [2.75, 3.05) is 12.8 Å². The Kier molecular flexibility index (Phi) is 6.24. The van der Waals surface area contributed by atoms with Crippen LogP contribution in [-0.4, -0.2) is 22.3 Å². The minimum Gasteiger partial charge on any atom is -0.312 e. The monoisotopic (exact) mass is 293 g/mol. The zero-order valence-corrected chi connectivity index (χ0v) is 13.5. The van der Waals surface area contributed by atoms with Crippen LogP contribution in [0.5, 0.6) is 0 Å². The van der Waals surface area contributed by atoms with Gasteiger partial charge in [0.15, 0.2) is 0 Å². The average Bonchev–Trinajstić information content (AvgIpc) is 2.53. The van der Waals surface area contributed by atoms with Crippen molar-refractivity contribution < 1.29 is 4.21 Å². The van der Waals surface area contributed by atoms with Gasteiger partial charge in [-0.2, -0.15) is 0 Å². The summed E-state index contributed by atoms with van der Waals surface area (Å²) in [6.45, 7) is 2.17. The summed E-state index contributed by atoms with van der Waals surface area (Å²) < 4.78 is 12.5. The second-order valence-electron chi connectivity index (χ2n) is 5.74. The zero-order chi connectivity index (χ0) is 14.4. The van der Waals surface area contributed by atoms with Gasteiger partial charge in [-0.05, 0) is 37.4 Å². The molecule has 0 bridgehead atoms. The van der Waals surface area contributed by atoms with Crippen LogP contribution in [-0.2, 0) is 17.2 Å². The quantitative estimate of drug-likeness (QED) is 0.868. The summed E-state index contributed by atoms with van der Waals surface area (Å²) in [6.07, 6.45) is 7.20. The summed E-state index contributed by atoms with van der Waals surface area (Å²) in [4.78, 5) is 0. The van der Waals surface area contributed by atoms with Gasteiger partial charge >= 0.3 is 0 Å². The van der Waals surface area contributed by atoms with Gasteiger partial charge < -0.3 is 5.32 Å². The summed E-state index contributed by atoms with van der Waals surface area (Å²) in [7, 11) is 1.26. The van der Waals surface area contributed by atoms with E-state index in [2.05, 4.69) is 36.5 Å². The molecule has 20 heavy (non-hydrogen) atoms. The van der Waals surface area contributed by atoms with E-state index in [1.165, 1.54) is 30.4 Å². The molecule has 3 heteroatoms. The largest absolute Gasteiger partial charge is 0.312 e. The maximum atomic E-state index is 12.5. The highest BCUT2D eigenvalue weighted by molar-refractivity contribution is 7.85. The predicted molar refractivity (Wildman–Crippen MR) is 87.5 cm³/mol. The lowest BCUT2D eigenvalue weighted by Gasteiger charge is -2.24. The fourth-order valence-electron chi connectivity index (χ4n) is 2.96. The van der Waals surface area contributed by atoms with E-state index in [0.29, 0.717) is 5.25 Å². The standard InChI is InChI=1S/C17H27NOS/c1-3-14-9-11-15(12-10-14)17(18-2)13-20(19)16-7-5-4-6-8-16/h9-12,16-18H,3-8,13H2,1-2H3. The molecule has 0 radical (unpaired) electrons. The van der Waals surface area contributed by atoms with Crippen LogP contribution in [0.3, 0.4) is 0 Å². The molecule has 0 heterocycles. The maximum absolute atomic E-state index is 12.5. The highest BCUT2D eigenvalue weighted by Gasteiger charge is 2.22. The Bertz CT molecular complexity index is 423. The van der Waals surface area contributed by atoms with Crippen LogP contribution >= 0.6 is 0 Å². The fraction of sp³-hybridized carbons (Fsp3) is 0.647. The molecular formula is C17H27NOS. The minimum absolute atomic E-state index is 0.212. The lowest BCUT2D eigenvalue weighted by atomic mass is 10.0. The van der Waals surface area contributed by atoms with E-state index in [-0.39, 0.29) is 6.04 Å². The summed E-state index contributed by atoms with van der Waals surface area (Å²) in [6, 6.07) is 8.94. The van der Waals surface area contributed by atoms with Crippen molar-refractivity contribution in [3.63, 3.8) is 0 Å². The Balaban J connectivity index is 1.98. The molecule has 2 unspecified atom stereocenters. The van der Waals surface area contributed by atoms with Crippen LogP contribution < -0.4 is 5.32 Å². The van der Waals surface area contributed by atoms with E-state index in [9.17, 15) is 4.21 Å². The van der Waals surface area contributed by atoms with Crippen molar-refractivity contribution in [3.8, 4) is 0 Å². The summed E-state index contributed by atoms with van der Waals surface area (Å²) in [5.41, 5.74) is 2.62. The molecule has 2 atom stereocenters. The summed E-state index contributed by atoms with van der Waals surface area (Å²) in [5, 5.41) is 3.76. The molecule has 1 N–H and O–H groups in total. The minimum atomic E-state index is -0.707. The number of hydrogen-bond acceptors (Lipinski definition) is 2. The molecule has 0 aromatic heterocycles. The smallest absolute Gasteiger partial charge is 0.0434 e. The highest BCUT2D eigenvalue weighted by atomic mass is 32.2. The van der Waals surface area contributed by atoms with Crippen LogP contribution in [0.1, 0.15) is 56.2 Å². The fourth-order valence-corrected chi connectivity index (χ4v) is 4.78. The van der Waals surface area contributed by atoms with Gasteiger partial charge in [0, 0.05) is 27.8 Å². The third kappa shape index (κ3) is 4.16. The van der Waals surface area contributed by atoms with E-state index < -0.39 is 10.8 Å². The molecule has 1 aromatic carbocycles. The van der Waals surface area contributed by atoms with Crippen LogP contribution in [0.4, 0.5) is 0 Å². The third-order valence-electron chi connectivity index (χ3n) is 4.39. The average molecular weight is 293 g/mol. The topological polar surface area (TPSA) is 29.1 Å². The molecule has 0 spiro atoms. The van der Waals surface area contributed by atoms with Crippen molar-refractivity contribution in [2.45, 2.75) is 56.7 Å². The first-order chi connectivity index (χ1) is 9.74. The van der Waals surface area contributed by atoms with E-state index in [1.54, 1.807) is 0 Å². The second kappa shape index (κ2) is 7.94. The third-order valence-corrected chi connectivity index (χ3v) is 6.27. The number of rotatable bonds is 6. The Labute approximate surface area is 125 Å². The van der Waals surface area contributed by atoms with Crippen LogP contribution in [0.25, 0.3) is 0 Å². The Morgan fingerprint density at radius 1 is 1.20 bits per heavy atom. The molecule has 112 valence electrons. The van der Waals surface area contributed by atoms with Gasteiger partial charge in [-0.3, -0.25) is 4.21 Å². The van der Waals surface area contributed by atoms with Gasteiger partial charge in [0.1, 0.15) is 0 Å². The molecule has 0 amide bonds. The molecule has 1 fully saturated rings. The molecule has 1 aliphatic carbocycles. The van der Waals surface area contributed by atoms with E-state index in [1.807, 2.05) is 7.05 Å². The molecule has 0 aliphatic heterocycles. The molecule has 1 aromatic rings. The normalized spacial score (nSPS) is 19.7. The molecule has 2 rings (SSSR count). The van der Waals surface area contributed by atoms with Crippen molar-refractivity contribution in [2.24, 2.45) is 0 Å². The molecule has 1 saturated carbocycles. The molecule has 0 saturated heterocycles. The van der Waals surface area contributed by atoms with E-state index >= 15 is 0 Å². The van der Waals surface area contributed by atoms with Crippen molar-refractivity contribution in [1.29, 1.82) is 0 Å². The Hall–Kier alpha value is -0.670. The number of benzene rings is 1. The summed E-state index contributed by atoms with van der Waals surface area (Å²) >= 11 is 0. The molecule has 1 aliphatic rings. The Morgan fingerprint density at radius 2 is 1.85 bits per heavy atom. The maximum Gasteiger partial charge on any atom is 0.0434 e. The van der Waals surface area contributed by atoms with Gasteiger partial charge in [-0.1, -0.05) is 50.5 Å². The first-order valence-corrected chi connectivity index (χ1v) is 9.26. The first kappa shape index (κ1) is 15.7. The van der Waals surface area contributed by atoms with E-state index in [4.69, 9.17) is 0 Å². The number of aryl methyl sites for hydroxylation is 1. The van der Waals surface area contributed by atoms with Gasteiger partial charge in [0.25, 0.3) is 0 Å². The van der Waals surface area contributed by atoms with Gasteiger partial charge in [0.05, 0.1) is 0 Å². The first-order valence-electron chi connectivity index (χ1n) is 7.88. The van der Waals surface area contributed by atoms with Crippen LogP contribution in [0, 0.1) is 0 Å². The van der Waals surface area contributed by atoms with Gasteiger partial charge in [-0.15, -0.1) is 0 Å². The Morgan fingerprint density at radius 3 is 2.40 bits per heavy atom. The highest BCUT2D eigenvalue weighted by Crippen LogP contribution is 2.24. The predicted octanol–water partition coefficient (Wildman–Crippen LogP) is 3.59. The lowest BCUT2D eigenvalue weighted by Crippen LogP contribution is -2.28. The number of nitrogens with one attached hydrogen (secondary N) is 1. The van der Waals surface area contributed by atoms with Crippen molar-refractivity contribution >= 4 is 10.8 Å². The van der Waals surface area contributed by atoms with E-state index in [0.717, 1.165) is 25.0 Å². The zero-order valence-electron chi connectivity index (χ0n) is 12.7. The van der Waals surface area contributed by atoms with Crippen molar-refractivity contribution in [1.82, 2.24) is 5.32 Å². The molecule has 2 nitrogen and oxygen atoms in total. The SMILES string of the molecule is CCc1ccc(C(CS(=O)C2CCCCC2)NC)cc1. The van der Waals surface area contributed by atoms with Gasteiger partial charge in [0.2, 0.25) is 0 Å². The molecular weight excluding hydrogens is 266 g/mol. The summed E-state index contributed by atoms with van der Waals surface area (Å²) in [5.74, 6) is 0.743. The lowest BCUT2D eigenvalue weighted by molar-refractivity contribution is 0.502. The van der Waals surface area contributed by atoms with Crippen molar-refractivity contribution in [3.05, 3.63) is 35.4 Å².